The van der Waals surface area contributed by atoms with Crippen molar-refractivity contribution in [3.63, 3.8) is 0 Å². The number of aryl methyl sites for hydroxylation is 1. The van der Waals surface area contributed by atoms with Crippen LogP contribution in [0.15, 0.2) is 42.5 Å². The van der Waals surface area contributed by atoms with Gasteiger partial charge in [0.1, 0.15) is 0 Å². The summed E-state index contributed by atoms with van der Waals surface area (Å²) in [6.45, 7) is 9.01. The summed E-state index contributed by atoms with van der Waals surface area (Å²) in [6, 6.07) is 12.1. The number of carbonyl (C=O) groups excluding carboxylic acids is 2. The number of Topliss-reactive ketones (excluding diaryl/α,β-unsaturated/α-hetero) is 1. The number of ketones is 1. The summed E-state index contributed by atoms with van der Waals surface area (Å²) in [5, 5.41) is 2.42. The van der Waals surface area contributed by atoms with Gasteiger partial charge in [0.15, 0.2) is 15.6 Å². The fourth-order valence-corrected chi connectivity index (χ4v) is 3.83. The van der Waals surface area contributed by atoms with Crippen LogP contribution >= 0.6 is 0 Å². The van der Waals surface area contributed by atoms with Crippen molar-refractivity contribution in [3.8, 4) is 0 Å². The van der Waals surface area contributed by atoms with Crippen LogP contribution in [0.5, 0.6) is 0 Å². The second-order valence-electron chi connectivity index (χ2n) is 7.92. The summed E-state index contributed by atoms with van der Waals surface area (Å²) in [6.07, 6.45) is 0.224. The average Bonchev–Trinajstić information content (AvgIpc) is 2.62. The number of sulfone groups is 1. The first-order chi connectivity index (χ1) is 13.5. The molecule has 0 heterocycles. The molecule has 1 amide bonds. The Hall–Kier alpha value is -2.47. The number of hydrogen-bond donors (Lipinski definition) is 1. The zero-order valence-electron chi connectivity index (χ0n) is 17.7. The molecule has 1 N–H and O–H groups in total. The van der Waals surface area contributed by atoms with E-state index >= 15 is 0 Å². The zero-order chi connectivity index (χ0) is 21.8. The average molecular weight is 416 g/mol. The van der Waals surface area contributed by atoms with Crippen molar-refractivity contribution in [2.24, 2.45) is 0 Å². The lowest BCUT2D eigenvalue weighted by Crippen LogP contribution is -2.30. The van der Waals surface area contributed by atoms with Gasteiger partial charge in [0.05, 0.1) is 11.0 Å². The van der Waals surface area contributed by atoms with E-state index in [1.165, 1.54) is 0 Å². The minimum Gasteiger partial charge on any atom is -0.350 e. The Kier molecular flexibility index (Phi) is 7.36. The van der Waals surface area contributed by atoms with Crippen molar-refractivity contribution in [2.75, 3.05) is 0 Å². The molecule has 29 heavy (non-hydrogen) atoms. The summed E-state index contributed by atoms with van der Waals surface area (Å²) in [5.74, 6) is -0.211. The zero-order valence-corrected chi connectivity index (χ0v) is 18.5. The molecule has 0 aliphatic heterocycles. The Labute approximate surface area is 173 Å². The van der Waals surface area contributed by atoms with E-state index in [2.05, 4.69) is 5.32 Å². The van der Waals surface area contributed by atoms with Gasteiger partial charge in [-0.05, 0) is 63.4 Å². The van der Waals surface area contributed by atoms with Crippen molar-refractivity contribution in [2.45, 2.75) is 58.1 Å². The molecule has 156 valence electrons. The molecule has 6 heteroatoms. The lowest BCUT2D eigenvalue weighted by molar-refractivity contribution is 0.0942. The van der Waals surface area contributed by atoms with Gasteiger partial charge in [-0.1, -0.05) is 30.3 Å². The first-order valence-corrected chi connectivity index (χ1v) is 11.4. The van der Waals surface area contributed by atoms with Crippen molar-refractivity contribution in [3.05, 3.63) is 70.3 Å². The van der Waals surface area contributed by atoms with Crippen LogP contribution in [0.2, 0.25) is 0 Å². The van der Waals surface area contributed by atoms with E-state index in [0.29, 0.717) is 16.7 Å². The van der Waals surface area contributed by atoms with Crippen LogP contribution in [0, 0.1) is 6.92 Å². The molecule has 0 radical (unpaired) electrons. The van der Waals surface area contributed by atoms with Gasteiger partial charge in [-0.25, -0.2) is 8.42 Å². The molecule has 0 fully saturated rings. The van der Waals surface area contributed by atoms with Gasteiger partial charge >= 0.3 is 0 Å². The molecule has 2 rings (SSSR count). The third-order valence-electron chi connectivity index (χ3n) is 4.74. The summed E-state index contributed by atoms with van der Waals surface area (Å²) in [4.78, 5) is 24.8. The lowest BCUT2D eigenvalue weighted by Gasteiger charge is -2.11. The molecule has 0 atom stereocenters. The van der Waals surface area contributed by atoms with Gasteiger partial charge < -0.3 is 5.32 Å². The molecule has 0 bridgehead atoms. The Morgan fingerprint density at radius 1 is 0.931 bits per heavy atom. The Balaban J connectivity index is 2.09. The van der Waals surface area contributed by atoms with Crippen LogP contribution in [0.4, 0.5) is 0 Å². The third-order valence-corrected chi connectivity index (χ3v) is 6.91. The van der Waals surface area contributed by atoms with E-state index in [9.17, 15) is 18.0 Å². The van der Waals surface area contributed by atoms with Crippen LogP contribution in [-0.2, 0) is 22.0 Å². The normalized spacial score (nSPS) is 11.7. The molecule has 0 aromatic heterocycles. The second-order valence-corrected chi connectivity index (χ2v) is 10.5. The van der Waals surface area contributed by atoms with Gasteiger partial charge in [0.2, 0.25) is 0 Å². The Morgan fingerprint density at radius 2 is 1.52 bits per heavy atom. The maximum absolute atomic E-state index is 12.6. The molecule has 2 aromatic rings. The summed E-state index contributed by atoms with van der Waals surface area (Å²) in [7, 11) is -3.17. The number of benzene rings is 2. The minimum absolute atomic E-state index is 0.0296. The van der Waals surface area contributed by atoms with Gasteiger partial charge in [-0.15, -0.1) is 0 Å². The van der Waals surface area contributed by atoms with Crippen LogP contribution < -0.4 is 5.32 Å². The van der Waals surface area contributed by atoms with Gasteiger partial charge in [0.25, 0.3) is 5.91 Å². The highest BCUT2D eigenvalue weighted by molar-refractivity contribution is 7.91. The molecular weight excluding hydrogens is 386 g/mol. The molecule has 0 spiro atoms. The number of rotatable bonds is 8. The quantitative estimate of drug-likeness (QED) is 0.664. The fraction of sp³-hybridized carbons (Fsp3) is 0.391. The van der Waals surface area contributed by atoms with Crippen molar-refractivity contribution >= 4 is 21.5 Å². The monoisotopic (exact) mass is 415 g/mol. The third kappa shape index (κ3) is 6.26. The van der Waals surface area contributed by atoms with E-state index in [1.54, 1.807) is 50.2 Å². The fourth-order valence-electron chi connectivity index (χ4n) is 2.84. The number of nitrogens with one attached hydrogen (secondary N) is 1. The minimum atomic E-state index is -3.17. The molecule has 2 aromatic carbocycles. The van der Waals surface area contributed by atoms with Crippen molar-refractivity contribution < 1.29 is 18.0 Å². The Bertz CT molecular complexity index is 990. The number of hydrogen-bond acceptors (Lipinski definition) is 4. The van der Waals surface area contributed by atoms with Crippen LogP contribution in [-0.4, -0.2) is 31.4 Å². The lowest BCUT2D eigenvalue weighted by atomic mass is 9.97. The summed E-state index contributed by atoms with van der Waals surface area (Å²) >= 11 is 0. The highest BCUT2D eigenvalue weighted by Crippen LogP contribution is 2.17. The van der Waals surface area contributed by atoms with Crippen LogP contribution in [0.25, 0.3) is 0 Å². The van der Waals surface area contributed by atoms with Crippen LogP contribution in [0.1, 0.15) is 65.1 Å². The van der Waals surface area contributed by atoms with Gasteiger partial charge in [-0.2, -0.15) is 0 Å². The number of amides is 1. The van der Waals surface area contributed by atoms with Crippen molar-refractivity contribution in [1.29, 1.82) is 0 Å². The highest BCUT2D eigenvalue weighted by atomic mass is 32.2. The molecule has 5 nitrogen and oxygen atoms in total. The Morgan fingerprint density at radius 3 is 2.03 bits per heavy atom. The SMILES string of the molecule is Cc1cc(C(=O)NC(C)C)ccc1CC(=O)c1ccc(CS(=O)(=O)C(C)C)cc1. The van der Waals surface area contributed by atoms with Crippen LogP contribution in [0.3, 0.4) is 0 Å². The first-order valence-electron chi connectivity index (χ1n) is 9.73. The largest absolute Gasteiger partial charge is 0.350 e. The standard InChI is InChI=1S/C23H29NO4S/c1-15(2)24-23(26)21-11-10-20(17(5)12-21)13-22(25)19-8-6-18(7-9-19)14-29(27,28)16(3)4/h6-12,15-16H,13-14H2,1-5H3,(H,24,26). The maximum Gasteiger partial charge on any atom is 0.251 e. The predicted octanol–water partition coefficient (Wildman–Crippen LogP) is 3.88. The maximum atomic E-state index is 12.6. The molecule has 0 unspecified atom stereocenters. The summed E-state index contributed by atoms with van der Waals surface area (Å²) < 4.78 is 24.1. The molecule has 0 aliphatic carbocycles. The molecule has 0 saturated heterocycles. The van der Waals surface area contributed by atoms with Gasteiger partial charge in [-0.3, -0.25) is 9.59 Å². The van der Waals surface area contributed by atoms with E-state index in [4.69, 9.17) is 0 Å². The van der Waals surface area contributed by atoms with Crippen molar-refractivity contribution in [1.82, 2.24) is 5.32 Å². The topological polar surface area (TPSA) is 80.3 Å². The molecule has 0 aliphatic rings. The number of carbonyl (C=O) groups is 2. The second kappa shape index (κ2) is 9.35. The van der Waals surface area contributed by atoms with E-state index in [1.807, 2.05) is 26.8 Å². The first kappa shape index (κ1) is 22.8. The van der Waals surface area contributed by atoms with E-state index in [-0.39, 0.29) is 29.9 Å². The smallest absolute Gasteiger partial charge is 0.251 e. The molecular formula is C23H29NO4S. The van der Waals surface area contributed by atoms with Gasteiger partial charge in [0, 0.05) is 23.6 Å². The highest BCUT2D eigenvalue weighted by Gasteiger charge is 2.17. The summed E-state index contributed by atoms with van der Waals surface area (Å²) in [5.41, 5.74) is 3.53. The van der Waals surface area contributed by atoms with E-state index < -0.39 is 15.1 Å². The molecule has 0 saturated carbocycles. The van der Waals surface area contributed by atoms with E-state index in [0.717, 1.165) is 11.1 Å². The predicted molar refractivity (Wildman–Crippen MR) is 116 cm³/mol.